The van der Waals surface area contributed by atoms with Crippen LogP contribution in [0.4, 0.5) is 27.7 Å². The number of nitrogens with one attached hydrogen (secondary N) is 2. The van der Waals surface area contributed by atoms with Crippen molar-refractivity contribution in [3.63, 3.8) is 0 Å². The number of nitriles is 1. The smallest absolute Gasteiger partial charge is 0.223 e. The Morgan fingerprint density at radius 1 is 1.35 bits per heavy atom. The van der Waals surface area contributed by atoms with E-state index in [1.54, 1.807) is 12.1 Å². The predicted octanol–water partition coefficient (Wildman–Crippen LogP) is 2.24. The van der Waals surface area contributed by atoms with Gasteiger partial charge in [0.25, 0.3) is 0 Å². The average molecular weight is 272 g/mol. The number of nitrogen functional groups attached to an aromatic ring is 1. The highest BCUT2D eigenvalue weighted by atomic mass is 19.1. The van der Waals surface area contributed by atoms with Gasteiger partial charge in [0.1, 0.15) is 29.1 Å². The van der Waals surface area contributed by atoms with Crippen LogP contribution in [0.5, 0.6) is 0 Å². The van der Waals surface area contributed by atoms with E-state index in [-0.39, 0.29) is 11.5 Å². The zero-order chi connectivity index (χ0) is 14.5. The van der Waals surface area contributed by atoms with Crippen LogP contribution in [0, 0.1) is 17.1 Å². The number of halogens is 1. The molecule has 1 heterocycles. The van der Waals surface area contributed by atoms with E-state index in [1.807, 2.05) is 13.0 Å². The first-order valence-electron chi connectivity index (χ1n) is 5.98. The van der Waals surface area contributed by atoms with Crippen molar-refractivity contribution in [2.75, 3.05) is 22.9 Å². The van der Waals surface area contributed by atoms with Crippen LogP contribution in [0.3, 0.4) is 0 Å². The second kappa shape index (κ2) is 5.84. The van der Waals surface area contributed by atoms with E-state index in [0.29, 0.717) is 23.9 Å². The molecule has 0 aliphatic heterocycles. The fourth-order valence-corrected chi connectivity index (χ4v) is 1.68. The Morgan fingerprint density at radius 2 is 2.10 bits per heavy atom. The predicted molar refractivity (Wildman–Crippen MR) is 75.0 cm³/mol. The van der Waals surface area contributed by atoms with Gasteiger partial charge in [0.2, 0.25) is 5.95 Å². The van der Waals surface area contributed by atoms with Crippen LogP contribution in [0.1, 0.15) is 12.5 Å². The molecule has 102 valence electrons. The fourth-order valence-electron chi connectivity index (χ4n) is 1.68. The first kappa shape index (κ1) is 13.5. The lowest BCUT2D eigenvalue weighted by Gasteiger charge is -2.10. The summed E-state index contributed by atoms with van der Waals surface area (Å²) in [5, 5.41) is 14.8. The van der Waals surface area contributed by atoms with Crippen LogP contribution in [0.2, 0.25) is 0 Å². The first-order valence-corrected chi connectivity index (χ1v) is 5.98. The molecule has 0 radical (unpaired) electrons. The normalized spacial score (nSPS) is 9.85. The van der Waals surface area contributed by atoms with Crippen molar-refractivity contribution < 1.29 is 4.39 Å². The first-order chi connectivity index (χ1) is 9.63. The maximum atomic E-state index is 13.5. The van der Waals surface area contributed by atoms with Gasteiger partial charge in [-0.3, -0.25) is 0 Å². The summed E-state index contributed by atoms with van der Waals surface area (Å²) in [4.78, 5) is 8.00. The van der Waals surface area contributed by atoms with Gasteiger partial charge in [-0.2, -0.15) is 15.2 Å². The summed E-state index contributed by atoms with van der Waals surface area (Å²) in [6, 6.07) is 7.76. The zero-order valence-corrected chi connectivity index (χ0v) is 10.8. The molecular formula is C13H13FN6. The van der Waals surface area contributed by atoms with Crippen molar-refractivity contribution >= 4 is 23.3 Å². The Balaban J connectivity index is 2.35. The summed E-state index contributed by atoms with van der Waals surface area (Å²) >= 11 is 0. The Morgan fingerprint density at radius 3 is 2.80 bits per heavy atom. The molecule has 6 nitrogen and oxygen atoms in total. The summed E-state index contributed by atoms with van der Waals surface area (Å²) in [7, 11) is 0. The molecule has 0 unspecified atom stereocenters. The molecule has 0 fully saturated rings. The van der Waals surface area contributed by atoms with Crippen LogP contribution < -0.4 is 16.4 Å². The second-order valence-electron chi connectivity index (χ2n) is 3.93. The second-order valence-corrected chi connectivity index (χ2v) is 3.93. The molecule has 0 saturated heterocycles. The highest BCUT2D eigenvalue weighted by Gasteiger charge is 2.09. The molecule has 2 rings (SSSR count). The van der Waals surface area contributed by atoms with Crippen LogP contribution in [0.25, 0.3) is 0 Å². The summed E-state index contributed by atoms with van der Waals surface area (Å²) in [5.41, 5.74) is 5.86. The number of hydrogen-bond acceptors (Lipinski definition) is 6. The van der Waals surface area contributed by atoms with Crippen molar-refractivity contribution in [1.82, 2.24) is 9.97 Å². The molecule has 1 aromatic carbocycles. The summed E-state index contributed by atoms with van der Waals surface area (Å²) in [5.74, 6) is 0.431. The van der Waals surface area contributed by atoms with Gasteiger partial charge in [-0.05, 0) is 19.1 Å². The molecule has 0 saturated carbocycles. The molecule has 20 heavy (non-hydrogen) atoms. The molecule has 2 aromatic rings. The number of aromatic nitrogens is 2. The standard InChI is InChI=1S/C13H13FN6/c1-2-17-11-6-12(20-13(16)19-11)18-10-5-3-4-9(14)8(10)7-15/h3-6H,2H2,1H3,(H4,16,17,18,19,20). The molecule has 0 amide bonds. The van der Waals surface area contributed by atoms with E-state index in [2.05, 4.69) is 20.6 Å². The van der Waals surface area contributed by atoms with Gasteiger partial charge in [-0.15, -0.1) is 0 Å². The maximum Gasteiger partial charge on any atom is 0.223 e. The molecule has 0 atom stereocenters. The van der Waals surface area contributed by atoms with E-state index in [9.17, 15) is 4.39 Å². The molecule has 7 heteroatoms. The van der Waals surface area contributed by atoms with Gasteiger partial charge in [0, 0.05) is 12.6 Å². The van der Waals surface area contributed by atoms with Crippen LogP contribution in [0.15, 0.2) is 24.3 Å². The molecule has 0 bridgehead atoms. The van der Waals surface area contributed by atoms with Crippen LogP contribution >= 0.6 is 0 Å². The van der Waals surface area contributed by atoms with Gasteiger partial charge >= 0.3 is 0 Å². The zero-order valence-electron chi connectivity index (χ0n) is 10.8. The quantitative estimate of drug-likeness (QED) is 0.789. The Kier molecular flexibility index (Phi) is 3.96. The molecule has 4 N–H and O–H groups in total. The molecule has 0 spiro atoms. The number of hydrogen-bond donors (Lipinski definition) is 3. The lowest BCUT2D eigenvalue weighted by atomic mass is 10.2. The van der Waals surface area contributed by atoms with Crippen molar-refractivity contribution in [1.29, 1.82) is 5.26 Å². The van der Waals surface area contributed by atoms with E-state index < -0.39 is 5.82 Å². The third-order valence-electron chi connectivity index (χ3n) is 2.49. The van der Waals surface area contributed by atoms with Crippen molar-refractivity contribution in [2.24, 2.45) is 0 Å². The Labute approximate surface area is 115 Å². The number of rotatable bonds is 4. The summed E-state index contributed by atoms with van der Waals surface area (Å²) in [6.45, 7) is 2.60. The minimum atomic E-state index is -0.591. The monoisotopic (exact) mass is 272 g/mol. The number of nitrogens with zero attached hydrogens (tertiary/aromatic N) is 3. The third-order valence-corrected chi connectivity index (χ3v) is 2.49. The van der Waals surface area contributed by atoms with Gasteiger partial charge in [-0.1, -0.05) is 6.07 Å². The van der Waals surface area contributed by atoms with E-state index >= 15 is 0 Å². The Bertz CT molecular complexity index is 664. The minimum Gasteiger partial charge on any atom is -0.370 e. The van der Waals surface area contributed by atoms with Gasteiger partial charge in [0.15, 0.2) is 0 Å². The van der Waals surface area contributed by atoms with E-state index in [4.69, 9.17) is 11.0 Å². The topological polar surface area (TPSA) is 99.6 Å². The number of benzene rings is 1. The lowest BCUT2D eigenvalue weighted by Crippen LogP contribution is -2.06. The van der Waals surface area contributed by atoms with Crippen LogP contribution in [-0.4, -0.2) is 16.5 Å². The average Bonchev–Trinajstić information content (AvgIpc) is 2.38. The van der Waals surface area contributed by atoms with Crippen molar-refractivity contribution in [3.8, 4) is 6.07 Å². The van der Waals surface area contributed by atoms with Gasteiger partial charge in [0.05, 0.1) is 5.69 Å². The highest BCUT2D eigenvalue weighted by molar-refractivity contribution is 5.66. The molecule has 1 aromatic heterocycles. The minimum absolute atomic E-state index is 0.0744. The maximum absolute atomic E-state index is 13.5. The molecular weight excluding hydrogens is 259 g/mol. The van der Waals surface area contributed by atoms with Crippen molar-refractivity contribution in [3.05, 3.63) is 35.6 Å². The largest absolute Gasteiger partial charge is 0.370 e. The summed E-state index contributed by atoms with van der Waals surface area (Å²) in [6.07, 6.45) is 0. The lowest BCUT2D eigenvalue weighted by molar-refractivity contribution is 0.624. The number of anilines is 4. The SMILES string of the molecule is CCNc1cc(Nc2cccc(F)c2C#N)nc(N)n1. The third kappa shape index (κ3) is 2.92. The fraction of sp³-hybridized carbons (Fsp3) is 0.154. The van der Waals surface area contributed by atoms with Crippen LogP contribution in [-0.2, 0) is 0 Å². The molecule has 0 aliphatic rings. The van der Waals surface area contributed by atoms with E-state index in [1.165, 1.54) is 12.1 Å². The van der Waals surface area contributed by atoms with Gasteiger partial charge in [-0.25, -0.2) is 4.39 Å². The Hall–Kier alpha value is -2.88. The molecule has 0 aliphatic carbocycles. The van der Waals surface area contributed by atoms with E-state index in [0.717, 1.165) is 0 Å². The van der Waals surface area contributed by atoms with Crippen molar-refractivity contribution in [2.45, 2.75) is 6.92 Å². The number of nitrogens with two attached hydrogens (primary N) is 1. The van der Waals surface area contributed by atoms with Gasteiger partial charge < -0.3 is 16.4 Å². The summed E-state index contributed by atoms with van der Waals surface area (Å²) < 4.78 is 13.5. The highest BCUT2D eigenvalue weighted by Crippen LogP contribution is 2.23.